The van der Waals surface area contributed by atoms with Crippen LogP contribution in [0.3, 0.4) is 0 Å². The summed E-state index contributed by atoms with van der Waals surface area (Å²) in [5.41, 5.74) is 1.55. The second-order valence-corrected chi connectivity index (χ2v) is 8.37. The summed E-state index contributed by atoms with van der Waals surface area (Å²) >= 11 is 6.12. The number of halogens is 1. The van der Waals surface area contributed by atoms with Crippen molar-refractivity contribution in [3.63, 3.8) is 0 Å². The summed E-state index contributed by atoms with van der Waals surface area (Å²) in [6.07, 6.45) is 2.60. The van der Waals surface area contributed by atoms with E-state index < -0.39 is 0 Å². The van der Waals surface area contributed by atoms with E-state index in [1.165, 1.54) is 0 Å². The molecule has 0 bridgehead atoms. The minimum Gasteiger partial charge on any atom is -0.491 e. The highest BCUT2D eigenvalue weighted by Gasteiger charge is 2.23. The largest absolute Gasteiger partial charge is 0.491 e. The quantitative estimate of drug-likeness (QED) is 0.686. The third-order valence-corrected chi connectivity index (χ3v) is 6.22. The maximum Gasteiger partial charge on any atom is 0.253 e. The van der Waals surface area contributed by atoms with Crippen LogP contribution in [0.5, 0.6) is 5.75 Å². The van der Waals surface area contributed by atoms with Gasteiger partial charge in [0.2, 0.25) is 5.91 Å². The molecule has 0 radical (unpaired) electrons. The molecular formula is C24H28ClN3O3. The maximum atomic E-state index is 12.9. The van der Waals surface area contributed by atoms with Crippen LogP contribution in [0.15, 0.2) is 48.5 Å². The van der Waals surface area contributed by atoms with Gasteiger partial charge in [-0.25, -0.2) is 0 Å². The Labute approximate surface area is 188 Å². The van der Waals surface area contributed by atoms with Crippen LogP contribution in [0.2, 0.25) is 5.02 Å². The van der Waals surface area contributed by atoms with E-state index >= 15 is 0 Å². The third-order valence-electron chi connectivity index (χ3n) is 5.91. The van der Waals surface area contributed by atoms with E-state index in [0.29, 0.717) is 42.5 Å². The molecule has 0 saturated carbocycles. The summed E-state index contributed by atoms with van der Waals surface area (Å²) in [6.45, 7) is 5.14. The molecule has 2 aromatic rings. The van der Waals surface area contributed by atoms with Crippen LogP contribution in [-0.4, -0.2) is 67.5 Å². The highest BCUT2D eigenvalue weighted by Crippen LogP contribution is 2.23. The summed E-state index contributed by atoms with van der Waals surface area (Å²) < 4.78 is 5.77. The second-order valence-electron chi connectivity index (χ2n) is 7.96. The predicted molar refractivity (Wildman–Crippen MR) is 122 cm³/mol. The number of amides is 2. The number of hydrogen-bond acceptors (Lipinski definition) is 4. The Kier molecular flexibility index (Phi) is 7.10. The molecule has 0 unspecified atom stereocenters. The van der Waals surface area contributed by atoms with Crippen LogP contribution in [-0.2, 0) is 4.79 Å². The van der Waals surface area contributed by atoms with Gasteiger partial charge in [0.1, 0.15) is 12.4 Å². The molecule has 0 N–H and O–H groups in total. The fourth-order valence-electron chi connectivity index (χ4n) is 4.07. The molecule has 7 heteroatoms. The molecule has 2 saturated heterocycles. The molecule has 0 aliphatic carbocycles. The van der Waals surface area contributed by atoms with Gasteiger partial charge >= 0.3 is 0 Å². The number of rotatable bonds is 6. The number of ether oxygens (including phenoxy) is 1. The van der Waals surface area contributed by atoms with Gasteiger partial charge in [-0.3, -0.25) is 14.5 Å². The molecule has 0 atom stereocenters. The number of anilines is 1. The number of piperidine rings is 1. The fourth-order valence-corrected chi connectivity index (χ4v) is 4.26. The van der Waals surface area contributed by atoms with Crippen molar-refractivity contribution in [2.45, 2.75) is 19.3 Å². The summed E-state index contributed by atoms with van der Waals surface area (Å²) in [7, 11) is 0. The summed E-state index contributed by atoms with van der Waals surface area (Å²) in [5, 5.41) is 0.619. The number of benzene rings is 2. The van der Waals surface area contributed by atoms with E-state index in [1.54, 1.807) is 0 Å². The van der Waals surface area contributed by atoms with Gasteiger partial charge < -0.3 is 14.5 Å². The van der Waals surface area contributed by atoms with E-state index in [9.17, 15) is 9.59 Å². The van der Waals surface area contributed by atoms with E-state index in [4.69, 9.17) is 16.3 Å². The monoisotopic (exact) mass is 441 g/mol. The van der Waals surface area contributed by atoms with Crippen LogP contribution < -0.4 is 9.64 Å². The Morgan fingerprint density at radius 1 is 0.935 bits per heavy atom. The molecule has 2 aliphatic rings. The minimum atomic E-state index is 0.0449. The molecule has 4 rings (SSSR count). The molecule has 2 amide bonds. The van der Waals surface area contributed by atoms with Gasteiger partial charge in [-0.2, -0.15) is 0 Å². The number of hydrogen-bond donors (Lipinski definition) is 0. The summed E-state index contributed by atoms with van der Waals surface area (Å²) in [5.74, 6) is 0.913. The zero-order chi connectivity index (χ0) is 21.6. The molecule has 2 aromatic carbocycles. The summed E-state index contributed by atoms with van der Waals surface area (Å²) in [4.78, 5) is 31.0. The summed E-state index contributed by atoms with van der Waals surface area (Å²) in [6, 6.07) is 14.9. The first kappa shape index (κ1) is 21.7. The Bertz CT molecular complexity index is 911. The normalized spacial score (nSPS) is 17.6. The third kappa shape index (κ3) is 5.38. The van der Waals surface area contributed by atoms with Gasteiger partial charge in [0.25, 0.3) is 5.91 Å². The Morgan fingerprint density at radius 3 is 2.39 bits per heavy atom. The highest BCUT2D eigenvalue weighted by molar-refractivity contribution is 6.32. The highest BCUT2D eigenvalue weighted by atomic mass is 35.5. The van der Waals surface area contributed by atoms with Gasteiger partial charge in [0, 0.05) is 56.9 Å². The molecule has 2 aliphatic heterocycles. The Morgan fingerprint density at radius 2 is 1.68 bits per heavy atom. The second kappa shape index (κ2) is 10.2. The van der Waals surface area contributed by atoms with Crippen molar-refractivity contribution in [1.82, 2.24) is 9.80 Å². The molecule has 2 fully saturated rings. The van der Waals surface area contributed by atoms with Gasteiger partial charge in [0.05, 0.1) is 5.02 Å². The van der Waals surface area contributed by atoms with E-state index in [1.807, 2.05) is 58.3 Å². The van der Waals surface area contributed by atoms with Crippen LogP contribution in [0.25, 0.3) is 0 Å². The van der Waals surface area contributed by atoms with Gasteiger partial charge in [0.15, 0.2) is 0 Å². The first-order valence-electron chi connectivity index (χ1n) is 10.9. The lowest BCUT2D eigenvalue weighted by Crippen LogP contribution is -2.49. The topological polar surface area (TPSA) is 53.1 Å². The lowest BCUT2D eigenvalue weighted by molar-refractivity contribution is -0.119. The van der Waals surface area contributed by atoms with Crippen LogP contribution >= 0.6 is 11.6 Å². The first-order chi connectivity index (χ1) is 15.1. The lowest BCUT2D eigenvalue weighted by Gasteiger charge is -2.34. The molecule has 6 nitrogen and oxygen atoms in total. The Balaban J connectivity index is 1.24. The SMILES string of the molecule is O=C(c1ccc(N2CCCCC2=O)cc1)N1CCN(CCOc2ccccc2Cl)CC1. The zero-order valence-electron chi connectivity index (χ0n) is 17.6. The number of nitrogens with zero attached hydrogens (tertiary/aromatic N) is 3. The minimum absolute atomic E-state index is 0.0449. The van der Waals surface area contributed by atoms with Crippen molar-refractivity contribution in [2.24, 2.45) is 0 Å². The number of carbonyl (C=O) groups is 2. The van der Waals surface area contributed by atoms with E-state index in [-0.39, 0.29) is 11.8 Å². The molecule has 2 heterocycles. The van der Waals surface area contributed by atoms with Crippen molar-refractivity contribution < 1.29 is 14.3 Å². The zero-order valence-corrected chi connectivity index (χ0v) is 18.4. The predicted octanol–water partition coefficient (Wildman–Crippen LogP) is 3.69. The van der Waals surface area contributed by atoms with Crippen molar-refractivity contribution >= 4 is 29.1 Å². The van der Waals surface area contributed by atoms with Crippen LogP contribution in [0.1, 0.15) is 29.6 Å². The molecule has 31 heavy (non-hydrogen) atoms. The van der Waals surface area contributed by atoms with Gasteiger partial charge in [-0.05, 0) is 49.2 Å². The smallest absolute Gasteiger partial charge is 0.253 e. The standard InChI is InChI=1S/C24H28ClN3O3/c25-21-5-1-2-6-22(21)31-18-17-26-13-15-27(16-14-26)24(30)19-8-10-20(11-9-19)28-12-4-3-7-23(28)29/h1-2,5-6,8-11H,3-4,7,12-18H2. The lowest BCUT2D eigenvalue weighted by atomic mass is 10.1. The average Bonchev–Trinajstić information content (AvgIpc) is 2.81. The molecular weight excluding hydrogens is 414 g/mol. The van der Waals surface area contributed by atoms with Gasteiger partial charge in [-0.1, -0.05) is 23.7 Å². The van der Waals surface area contributed by atoms with Crippen LogP contribution in [0, 0.1) is 0 Å². The maximum absolute atomic E-state index is 12.9. The molecule has 0 spiro atoms. The number of carbonyl (C=O) groups excluding carboxylic acids is 2. The molecule has 164 valence electrons. The Hall–Kier alpha value is -2.57. The number of para-hydroxylation sites is 1. The van der Waals surface area contributed by atoms with Gasteiger partial charge in [-0.15, -0.1) is 0 Å². The number of piperazine rings is 1. The first-order valence-corrected chi connectivity index (χ1v) is 11.3. The van der Waals surface area contributed by atoms with Crippen molar-refractivity contribution in [3.8, 4) is 5.75 Å². The van der Waals surface area contributed by atoms with Crippen LogP contribution in [0.4, 0.5) is 5.69 Å². The van der Waals surface area contributed by atoms with E-state index in [0.717, 1.165) is 44.7 Å². The fraction of sp³-hybridized carbons (Fsp3) is 0.417. The van der Waals surface area contributed by atoms with E-state index in [2.05, 4.69) is 4.90 Å². The van der Waals surface area contributed by atoms with Crippen molar-refractivity contribution in [3.05, 3.63) is 59.1 Å². The average molecular weight is 442 g/mol. The van der Waals surface area contributed by atoms with Crippen molar-refractivity contribution in [2.75, 3.05) is 50.8 Å². The molecule has 0 aromatic heterocycles. The van der Waals surface area contributed by atoms with Crippen molar-refractivity contribution in [1.29, 1.82) is 0 Å².